The molecule has 0 radical (unpaired) electrons. The summed E-state index contributed by atoms with van der Waals surface area (Å²) in [7, 11) is 1.26. The van der Waals surface area contributed by atoms with Crippen LogP contribution in [0.1, 0.15) is 15.9 Å². The lowest BCUT2D eigenvalue weighted by Gasteiger charge is -2.17. The summed E-state index contributed by atoms with van der Waals surface area (Å²) >= 11 is 0. The van der Waals surface area contributed by atoms with Gasteiger partial charge in [0.15, 0.2) is 0 Å². The number of halogens is 3. The van der Waals surface area contributed by atoms with E-state index in [1.807, 2.05) is 0 Å². The van der Waals surface area contributed by atoms with E-state index in [0.29, 0.717) is 0 Å². The van der Waals surface area contributed by atoms with Crippen LogP contribution in [0.25, 0.3) is 0 Å². The Morgan fingerprint density at radius 3 is 2.39 bits per heavy atom. The van der Waals surface area contributed by atoms with Crippen LogP contribution in [0, 0.1) is 0 Å². The molecule has 0 bridgehead atoms. The minimum absolute atomic E-state index is 0.107. The maximum absolute atomic E-state index is 12.8. The van der Waals surface area contributed by atoms with Crippen molar-refractivity contribution < 1.29 is 27.8 Å². The number of carboxylic acids is 1. The Balaban J connectivity index is 2.58. The second-order valence-corrected chi connectivity index (χ2v) is 3.59. The predicted molar refractivity (Wildman–Crippen MR) is 52.5 cm³/mol. The number of hydrogen-bond acceptors (Lipinski definition) is 4. The lowest BCUT2D eigenvalue weighted by molar-refractivity contribution is -0.166. The largest absolute Gasteiger partial charge is 0.497 e. The maximum atomic E-state index is 12.8. The summed E-state index contributed by atoms with van der Waals surface area (Å²) in [6, 6.07) is 3.28. The normalized spacial score (nSPS) is 16.4. The monoisotopic (exact) mass is 260 g/mol. The number of hydrogen-bond donors (Lipinski definition) is 1. The molecule has 5 nitrogen and oxygen atoms in total. The Hall–Kier alpha value is -2.12. The van der Waals surface area contributed by atoms with E-state index in [4.69, 9.17) is 9.84 Å². The van der Waals surface area contributed by atoms with Gasteiger partial charge in [-0.1, -0.05) is 0 Å². The van der Waals surface area contributed by atoms with Crippen molar-refractivity contribution in [3.05, 3.63) is 29.3 Å². The number of benzene rings is 1. The molecule has 0 fully saturated rings. The number of nitrogens with zero attached hydrogens (tertiary/aromatic N) is 2. The Morgan fingerprint density at radius 1 is 1.39 bits per heavy atom. The minimum atomic E-state index is -4.77. The van der Waals surface area contributed by atoms with Gasteiger partial charge in [0.25, 0.3) is 0 Å². The fourth-order valence-corrected chi connectivity index (χ4v) is 1.55. The molecular formula is C10H7F3N2O3. The number of carboxylic acid groups (broad SMARTS) is 1. The fraction of sp³-hybridized carbons (Fsp3) is 0.300. The van der Waals surface area contributed by atoms with Gasteiger partial charge in [-0.05, 0) is 18.2 Å². The molecule has 1 aliphatic heterocycles. The molecule has 2 rings (SSSR count). The van der Waals surface area contributed by atoms with Crippen LogP contribution in [0.4, 0.5) is 13.2 Å². The van der Waals surface area contributed by atoms with E-state index in [1.165, 1.54) is 13.2 Å². The number of ether oxygens (including phenoxy) is 1. The van der Waals surface area contributed by atoms with Gasteiger partial charge < -0.3 is 9.84 Å². The van der Waals surface area contributed by atoms with Crippen molar-refractivity contribution in [2.45, 2.75) is 11.8 Å². The smallest absolute Gasteiger partial charge is 0.442 e. The zero-order valence-corrected chi connectivity index (χ0v) is 9.02. The molecule has 0 saturated carbocycles. The van der Waals surface area contributed by atoms with Crippen molar-refractivity contribution in [1.82, 2.24) is 0 Å². The van der Waals surface area contributed by atoms with E-state index < -0.39 is 28.9 Å². The topological polar surface area (TPSA) is 71.2 Å². The van der Waals surface area contributed by atoms with Gasteiger partial charge in [0.05, 0.1) is 12.7 Å². The Kier molecular flexibility index (Phi) is 2.53. The van der Waals surface area contributed by atoms with E-state index in [0.717, 1.165) is 12.1 Å². The second-order valence-electron chi connectivity index (χ2n) is 3.59. The first kappa shape index (κ1) is 12.3. The maximum Gasteiger partial charge on any atom is 0.442 e. The molecule has 1 aromatic carbocycles. The molecule has 18 heavy (non-hydrogen) atoms. The molecular weight excluding hydrogens is 253 g/mol. The van der Waals surface area contributed by atoms with Crippen LogP contribution in [0.5, 0.6) is 5.75 Å². The Labute approximate surface area is 98.9 Å². The molecule has 0 aliphatic carbocycles. The molecule has 0 saturated heterocycles. The highest BCUT2D eigenvalue weighted by atomic mass is 19.4. The van der Waals surface area contributed by atoms with Crippen molar-refractivity contribution in [3.8, 4) is 5.75 Å². The molecule has 1 N–H and O–H groups in total. The molecule has 1 heterocycles. The van der Waals surface area contributed by atoms with Gasteiger partial charge in [-0.15, -0.1) is 10.2 Å². The zero-order valence-electron chi connectivity index (χ0n) is 9.02. The van der Waals surface area contributed by atoms with Gasteiger partial charge in [-0.25, -0.2) is 4.79 Å². The van der Waals surface area contributed by atoms with Crippen molar-refractivity contribution in [1.29, 1.82) is 0 Å². The summed E-state index contributed by atoms with van der Waals surface area (Å²) in [6.07, 6.45) is -4.77. The summed E-state index contributed by atoms with van der Waals surface area (Å²) in [5.74, 6) is -1.37. The second kappa shape index (κ2) is 3.69. The number of rotatable bonds is 3. The van der Waals surface area contributed by atoms with Crippen LogP contribution in [-0.4, -0.2) is 24.4 Å². The lowest BCUT2D eigenvalue weighted by Crippen LogP contribution is -2.31. The molecule has 0 spiro atoms. The quantitative estimate of drug-likeness (QED) is 0.907. The molecule has 0 amide bonds. The molecule has 1 aliphatic rings. The van der Waals surface area contributed by atoms with E-state index in [2.05, 4.69) is 10.2 Å². The summed E-state index contributed by atoms with van der Waals surface area (Å²) in [6.45, 7) is 0. The van der Waals surface area contributed by atoms with E-state index in [9.17, 15) is 18.0 Å². The van der Waals surface area contributed by atoms with E-state index >= 15 is 0 Å². The van der Waals surface area contributed by atoms with Crippen LogP contribution < -0.4 is 4.74 Å². The lowest BCUT2D eigenvalue weighted by atomic mass is 9.96. The van der Waals surface area contributed by atoms with Gasteiger partial charge in [-0.3, -0.25) is 0 Å². The number of carbonyl (C=O) groups is 1. The molecule has 1 aromatic rings. The molecule has 0 atom stereocenters. The van der Waals surface area contributed by atoms with Gasteiger partial charge in [-0.2, -0.15) is 13.2 Å². The van der Waals surface area contributed by atoms with Crippen molar-refractivity contribution in [2.24, 2.45) is 10.2 Å². The first-order valence-corrected chi connectivity index (χ1v) is 4.74. The highest BCUT2D eigenvalue weighted by molar-refractivity contribution is 5.90. The van der Waals surface area contributed by atoms with E-state index in [-0.39, 0.29) is 5.75 Å². The van der Waals surface area contributed by atoms with Crippen LogP contribution in [0.2, 0.25) is 0 Å². The summed E-state index contributed by atoms with van der Waals surface area (Å²) in [4.78, 5) is 10.9. The van der Waals surface area contributed by atoms with Gasteiger partial charge >= 0.3 is 17.8 Å². The average Bonchev–Trinajstić information content (AvgIpc) is 3.08. The van der Waals surface area contributed by atoms with Gasteiger partial charge in [0, 0.05) is 5.56 Å². The molecule has 0 unspecified atom stereocenters. The number of methoxy groups -OCH3 is 1. The zero-order chi connectivity index (χ0) is 13.6. The first-order valence-electron chi connectivity index (χ1n) is 4.74. The number of alkyl halides is 3. The Bertz CT molecular complexity index is 534. The van der Waals surface area contributed by atoms with Gasteiger partial charge in [0.2, 0.25) is 0 Å². The third kappa shape index (κ3) is 1.69. The first-order chi connectivity index (χ1) is 8.32. The van der Waals surface area contributed by atoms with E-state index in [1.54, 1.807) is 0 Å². The van der Waals surface area contributed by atoms with Crippen LogP contribution in [0.3, 0.4) is 0 Å². The van der Waals surface area contributed by atoms with Crippen molar-refractivity contribution in [2.75, 3.05) is 7.11 Å². The fourth-order valence-electron chi connectivity index (χ4n) is 1.55. The average molecular weight is 260 g/mol. The third-order valence-corrected chi connectivity index (χ3v) is 2.53. The predicted octanol–water partition coefficient (Wildman–Crippen LogP) is 2.57. The summed E-state index contributed by atoms with van der Waals surface area (Å²) in [5, 5.41) is 14.8. The summed E-state index contributed by atoms with van der Waals surface area (Å²) in [5.41, 5.74) is -3.81. The van der Waals surface area contributed by atoms with Crippen LogP contribution in [0.15, 0.2) is 28.4 Å². The van der Waals surface area contributed by atoms with Gasteiger partial charge in [0.1, 0.15) is 5.75 Å². The molecule has 0 aromatic heterocycles. The van der Waals surface area contributed by atoms with Crippen LogP contribution in [-0.2, 0) is 5.66 Å². The highest BCUT2D eigenvalue weighted by Gasteiger charge is 2.66. The van der Waals surface area contributed by atoms with Crippen LogP contribution >= 0.6 is 0 Å². The highest BCUT2D eigenvalue weighted by Crippen LogP contribution is 2.53. The standard InChI is InChI=1S/C10H7F3N2O3/c1-18-5-2-3-6(8(16)17)7(4-5)9(14-15-9)10(11,12)13/h2-4H,1H3,(H,16,17). The van der Waals surface area contributed by atoms with Crippen molar-refractivity contribution in [3.63, 3.8) is 0 Å². The number of aromatic carboxylic acids is 1. The SMILES string of the molecule is COc1ccc(C(=O)O)c(C2(C(F)(F)F)N=N2)c1. The minimum Gasteiger partial charge on any atom is -0.497 e. The Morgan fingerprint density at radius 2 is 2.00 bits per heavy atom. The third-order valence-electron chi connectivity index (χ3n) is 2.53. The summed E-state index contributed by atoms with van der Waals surface area (Å²) < 4.78 is 43.3. The molecule has 8 heteroatoms. The van der Waals surface area contributed by atoms with Crippen molar-refractivity contribution >= 4 is 5.97 Å². The molecule has 96 valence electrons.